The molecule has 1 nitrogen and oxygen atoms in total. The van der Waals surface area contributed by atoms with Crippen LogP contribution >= 0.6 is 0 Å². The zero-order valence-corrected chi connectivity index (χ0v) is 16.9. The first-order valence-corrected chi connectivity index (χ1v) is 11.2. The molecule has 25 heavy (non-hydrogen) atoms. The van der Waals surface area contributed by atoms with E-state index in [0.29, 0.717) is 0 Å². The number of unbranched alkanes of at least 4 members (excludes halogenated alkanes) is 6. The number of rotatable bonds is 12. The molecule has 0 saturated heterocycles. The summed E-state index contributed by atoms with van der Waals surface area (Å²) in [4.78, 5) is 2.65. The summed E-state index contributed by atoms with van der Waals surface area (Å²) in [7, 11) is 0. The van der Waals surface area contributed by atoms with E-state index in [1.54, 1.807) is 5.56 Å². The Hall–Kier alpha value is -0.980. The molecule has 1 fully saturated rings. The summed E-state index contributed by atoms with van der Waals surface area (Å²) in [5, 5.41) is 0. The zero-order valence-electron chi connectivity index (χ0n) is 16.9. The molecule has 2 rings (SSSR count). The predicted octanol–water partition coefficient (Wildman–Crippen LogP) is 7.70. The lowest BCUT2D eigenvalue weighted by Crippen LogP contribution is -2.25. The fraction of sp³-hybridized carbons (Fsp3) is 0.750. The van der Waals surface area contributed by atoms with Crippen molar-refractivity contribution >= 4 is 5.69 Å². The number of nitrogens with zero attached hydrogens (tertiary/aromatic N) is 1. The molecule has 0 atom stereocenters. The van der Waals surface area contributed by atoms with Crippen LogP contribution in [0.15, 0.2) is 24.3 Å². The first kappa shape index (κ1) is 20.3. The van der Waals surface area contributed by atoms with Crippen molar-refractivity contribution in [3.8, 4) is 0 Å². The molecule has 0 radical (unpaired) electrons. The van der Waals surface area contributed by atoms with Gasteiger partial charge in [0.15, 0.2) is 0 Å². The van der Waals surface area contributed by atoms with Gasteiger partial charge >= 0.3 is 0 Å². The van der Waals surface area contributed by atoms with Crippen molar-refractivity contribution in [2.45, 2.75) is 103 Å². The van der Waals surface area contributed by atoms with Crippen molar-refractivity contribution in [2.24, 2.45) is 0 Å². The van der Waals surface area contributed by atoms with Gasteiger partial charge in [-0.05, 0) is 49.3 Å². The van der Waals surface area contributed by atoms with Crippen molar-refractivity contribution in [3.63, 3.8) is 0 Å². The molecule has 0 aliphatic heterocycles. The van der Waals surface area contributed by atoms with Crippen LogP contribution in [0.5, 0.6) is 0 Å². The fourth-order valence-electron chi connectivity index (χ4n) is 4.22. The first-order valence-electron chi connectivity index (χ1n) is 11.2. The van der Waals surface area contributed by atoms with Gasteiger partial charge in [0.25, 0.3) is 0 Å². The van der Waals surface area contributed by atoms with Crippen molar-refractivity contribution in [2.75, 3.05) is 18.0 Å². The monoisotopic (exact) mass is 343 g/mol. The smallest absolute Gasteiger partial charge is 0.0366 e. The molecule has 142 valence electrons. The molecule has 0 bridgehead atoms. The van der Waals surface area contributed by atoms with Crippen LogP contribution in [0.2, 0.25) is 0 Å². The summed E-state index contributed by atoms with van der Waals surface area (Å²) in [5.41, 5.74) is 3.04. The van der Waals surface area contributed by atoms with Crippen molar-refractivity contribution in [1.82, 2.24) is 0 Å². The molecular weight excluding hydrogens is 302 g/mol. The van der Waals surface area contributed by atoms with E-state index in [1.807, 2.05) is 0 Å². The Kier molecular flexibility index (Phi) is 10.1. The quantitative estimate of drug-likeness (QED) is 0.351. The molecule has 0 unspecified atom stereocenters. The highest BCUT2D eigenvalue weighted by Gasteiger charge is 2.15. The van der Waals surface area contributed by atoms with Gasteiger partial charge in [-0.2, -0.15) is 0 Å². The Morgan fingerprint density at radius 3 is 1.80 bits per heavy atom. The number of anilines is 1. The van der Waals surface area contributed by atoms with Gasteiger partial charge in [0, 0.05) is 18.8 Å². The van der Waals surface area contributed by atoms with E-state index in [1.165, 1.54) is 102 Å². The maximum atomic E-state index is 2.65. The highest BCUT2D eigenvalue weighted by molar-refractivity contribution is 5.48. The second-order valence-corrected chi connectivity index (χ2v) is 8.03. The Balaban J connectivity index is 1.91. The molecule has 0 aromatic heterocycles. The van der Waals surface area contributed by atoms with E-state index in [-0.39, 0.29) is 0 Å². The molecule has 1 aliphatic rings. The van der Waals surface area contributed by atoms with Crippen molar-refractivity contribution in [1.29, 1.82) is 0 Å². The lowest BCUT2D eigenvalue weighted by Gasteiger charge is -2.27. The molecule has 0 N–H and O–H groups in total. The third-order valence-electron chi connectivity index (χ3n) is 5.90. The normalized spacial score (nSPS) is 15.4. The highest BCUT2D eigenvalue weighted by atomic mass is 15.1. The third-order valence-corrected chi connectivity index (χ3v) is 5.90. The predicted molar refractivity (Wildman–Crippen MR) is 113 cm³/mol. The number of hydrogen-bond donors (Lipinski definition) is 0. The molecule has 1 aromatic carbocycles. The topological polar surface area (TPSA) is 3.24 Å². The van der Waals surface area contributed by atoms with Crippen molar-refractivity contribution in [3.05, 3.63) is 29.8 Å². The molecule has 1 aliphatic carbocycles. The number of hydrogen-bond acceptors (Lipinski definition) is 1. The van der Waals surface area contributed by atoms with Gasteiger partial charge in [0.1, 0.15) is 0 Å². The standard InChI is InChI=1S/C24H41N/c1-3-5-7-12-20-25(21-13-8-6-4-2)24-18-16-23(17-19-24)22-14-10-9-11-15-22/h16-19,22H,3-15,20-21H2,1-2H3. The van der Waals surface area contributed by atoms with Gasteiger partial charge in [0.2, 0.25) is 0 Å². The van der Waals surface area contributed by atoms with Crippen LogP contribution in [0, 0.1) is 0 Å². The first-order chi connectivity index (χ1) is 12.3. The third kappa shape index (κ3) is 7.42. The molecule has 0 amide bonds. The minimum absolute atomic E-state index is 0.824. The summed E-state index contributed by atoms with van der Waals surface area (Å²) in [6.45, 7) is 7.06. The van der Waals surface area contributed by atoms with Gasteiger partial charge in [-0.25, -0.2) is 0 Å². The van der Waals surface area contributed by atoms with Crippen LogP contribution < -0.4 is 4.90 Å². The molecule has 0 heterocycles. The average Bonchev–Trinajstić information content (AvgIpc) is 2.68. The Morgan fingerprint density at radius 2 is 1.28 bits per heavy atom. The highest BCUT2D eigenvalue weighted by Crippen LogP contribution is 2.33. The SMILES string of the molecule is CCCCCCN(CCCCCC)c1ccc(C2CCCCC2)cc1. The van der Waals surface area contributed by atoms with Gasteiger partial charge in [-0.1, -0.05) is 83.8 Å². The maximum Gasteiger partial charge on any atom is 0.0366 e. The van der Waals surface area contributed by atoms with Gasteiger partial charge < -0.3 is 4.90 Å². The Labute approximate surface area is 157 Å². The molecule has 1 aromatic rings. The van der Waals surface area contributed by atoms with Gasteiger partial charge in [-0.15, -0.1) is 0 Å². The summed E-state index contributed by atoms with van der Waals surface area (Å²) < 4.78 is 0. The summed E-state index contributed by atoms with van der Waals surface area (Å²) >= 11 is 0. The second-order valence-electron chi connectivity index (χ2n) is 8.03. The lowest BCUT2D eigenvalue weighted by molar-refractivity contribution is 0.443. The van der Waals surface area contributed by atoms with Crippen LogP contribution in [-0.2, 0) is 0 Å². The Morgan fingerprint density at radius 1 is 0.720 bits per heavy atom. The van der Waals surface area contributed by atoms with E-state index in [0.717, 1.165) is 5.92 Å². The van der Waals surface area contributed by atoms with Crippen molar-refractivity contribution < 1.29 is 0 Å². The fourth-order valence-corrected chi connectivity index (χ4v) is 4.22. The van der Waals surface area contributed by atoms with Crippen LogP contribution in [-0.4, -0.2) is 13.1 Å². The van der Waals surface area contributed by atoms with E-state index in [2.05, 4.69) is 43.0 Å². The molecular formula is C24H41N. The second kappa shape index (κ2) is 12.4. The lowest BCUT2D eigenvalue weighted by atomic mass is 9.84. The zero-order chi connectivity index (χ0) is 17.7. The van der Waals surface area contributed by atoms with Crippen LogP contribution in [0.4, 0.5) is 5.69 Å². The van der Waals surface area contributed by atoms with E-state index >= 15 is 0 Å². The summed E-state index contributed by atoms with van der Waals surface area (Å²) in [6, 6.07) is 9.67. The Bertz CT molecular complexity index is 418. The molecule has 0 spiro atoms. The van der Waals surface area contributed by atoms with Crippen LogP contribution in [0.1, 0.15) is 109 Å². The van der Waals surface area contributed by atoms with Gasteiger partial charge in [0.05, 0.1) is 0 Å². The minimum atomic E-state index is 0.824. The van der Waals surface area contributed by atoms with Crippen LogP contribution in [0.3, 0.4) is 0 Å². The molecule has 1 heteroatoms. The van der Waals surface area contributed by atoms with E-state index in [4.69, 9.17) is 0 Å². The summed E-state index contributed by atoms with van der Waals surface area (Å²) in [5.74, 6) is 0.824. The van der Waals surface area contributed by atoms with E-state index in [9.17, 15) is 0 Å². The van der Waals surface area contributed by atoms with E-state index < -0.39 is 0 Å². The van der Waals surface area contributed by atoms with Gasteiger partial charge in [-0.3, -0.25) is 0 Å². The summed E-state index contributed by atoms with van der Waals surface area (Å²) in [6.07, 6.45) is 17.9. The number of benzene rings is 1. The maximum absolute atomic E-state index is 2.65. The average molecular weight is 344 g/mol. The minimum Gasteiger partial charge on any atom is -0.372 e. The largest absolute Gasteiger partial charge is 0.372 e. The van der Waals surface area contributed by atoms with Crippen LogP contribution in [0.25, 0.3) is 0 Å². The molecule has 1 saturated carbocycles.